The molecular formula is C5H9F3O7P2. The Balaban J connectivity index is 4.40. The highest BCUT2D eigenvalue weighted by Crippen LogP contribution is 2.57. The monoisotopic (exact) mass is 300 g/mol. The maximum absolute atomic E-state index is 11.9. The fourth-order valence-electron chi connectivity index (χ4n) is 0.530. The van der Waals surface area contributed by atoms with Crippen LogP contribution < -0.4 is 0 Å². The second kappa shape index (κ2) is 5.62. The van der Waals surface area contributed by atoms with E-state index in [-0.39, 0.29) is 0 Å². The van der Waals surface area contributed by atoms with Crippen molar-refractivity contribution in [2.75, 3.05) is 6.61 Å². The third kappa shape index (κ3) is 8.50. The van der Waals surface area contributed by atoms with Gasteiger partial charge in [-0.05, 0) is 6.92 Å². The van der Waals surface area contributed by atoms with E-state index >= 15 is 0 Å². The molecule has 0 aliphatic rings. The first-order valence-electron chi connectivity index (χ1n) is 3.82. The van der Waals surface area contributed by atoms with E-state index in [0.717, 1.165) is 0 Å². The van der Waals surface area contributed by atoms with Crippen molar-refractivity contribution >= 4 is 15.6 Å². The topological polar surface area (TPSA) is 113 Å². The van der Waals surface area contributed by atoms with Gasteiger partial charge in [0.2, 0.25) is 0 Å². The standard InChI is InChI=1S/C5H9F3O7P2/c1-4(5(6,7)8)2-3-14-17(12,13)15-16(9,10)11/h2H,3H2,1H3,(H,12,13)(H2,9,10,11)/b4-2-. The maximum atomic E-state index is 11.9. The Morgan fingerprint density at radius 1 is 1.29 bits per heavy atom. The zero-order chi connectivity index (χ0) is 13.9. The van der Waals surface area contributed by atoms with E-state index in [0.29, 0.717) is 13.0 Å². The molecule has 0 aliphatic carbocycles. The van der Waals surface area contributed by atoms with E-state index in [1.165, 1.54) is 0 Å². The minimum Gasteiger partial charge on any atom is -0.302 e. The number of rotatable bonds is 5. The summed E-state index contributed by atoms with van der Waals surface area (Å²) in [5, 5.41) is 0. The first-order chi connectivity index (χ1) is 7.33. The Labute approximate surface area is 93.7 Å². The van der Waals surface area contributed by atoms with Gasteiger partial charge in [0.25, 0.3) is 0 Å². The highest BCUT2D eigenvalue weighted by molar-refractivity contribution is 7.60. The molecule has 0 fully saturated rings. The molecule has 0 heterocycles. The number of alkyl halides is 3. The minimum atomic E-state index is -5.26. The molecule has 1 unspecified atom stereocenters. The molecule has 3 N–H and O–H groups in total. The molecule has 0 saturated carbocycles. The SMILES string of the molecule is C/C(=C/COP(=O)(O)OP(=O)(O)O)C(F)(F)F. The van der Waals surface area contributed by atoms with Crippen LogP contribution in [0.3, 0.4) is 0 Å². The number of phosphoric ester groups is 1. The molecule has 7 nitrogen and oxygen atoms in total. The van der Waals surface area contributed by atoms with Gasteiger partial charge in [-0.1, -0.05) is 6.08 Å². The minimum absolute atomic E-state index is 0.423. The normalized spacial score (nSPS) is 17.9. The summed E-state index contributed by atoms with van der Waals surface area (Å²) in [7, 11) is -10.4. The van der Waals surface area contributed by atoms with Gasteiger partial charge in [0.05, 0.1) is 6.61 Å². The van der Waals surface area contributed by atoms with Crippen LogP contribution in [0.25, 0.3) is 0 Å². The number of allylic oxidation sites excluding steroid dienone is 1. The van der Waals surface area contributed by atoms with Crippen LogP contribution in [0.15, 0.2) is 11.6 Å². The van der Waals surface area contributed by atoms with Crippen LogP contribution in [-0.4, -0.2) is 27.5 Å². The summed E-state index contributed by atoms with van der Waals surface area (Å²) in [5.74, 6) is 0. The molecule has 0 bridgehead atoms. The molecule has 0 rings (SSSR count). The third-order valence-electron chi connectivity index (χ3n) is 1.28. The Hall–Kier alpha value is -0.210. The van der Waals surface area contributed by atoms with Crippen LogP contribution in [0.5, 0.6) is 0 Å². The lowest BCUT2D eigenvalue weighted by atomic mass is 10.3. The number of halogens is 3. The van der Waals surface area contributed by atoms with E-state index in [2.05, 4.69) is 8.83 Å². The molecule has 17 heavy (non-hydrogen) atoms. The van der Waals surface area contributed by atoms with Crippen molar-refractivity contribution in [3.05, 3.63) is 11.6 Å². The van der Waals surface area contributed by atoms with Crippen molar-refractivity contribution in [1.82, 2.24) is 0 Å². The highest BCUT2D eigenvalue weighted by atomic mass is 31.3. The van der Waals surface area contributed by atoms with E-state index in [1.54, 1.807) is 0 Å². The van der Waals surface area contributed by atoms with Crippen LogP contribution in [-0.2, 0) is 18.0 Å². The maximum Gasteiger partial charge on any atom is 0.481 e. The first kappa shape index (κ1) is 16.8. The molecule has 0 amide bonds. The van der Waals surface area contributed by atoms with Gasteiger partial charge in [-0.2, -0.15) is 17.5 Å². The molecule has 1 atom stereocenters. The van der Waals surface area contributed by atoms with Crippen LogP contribution in [0.2, 0.25) is 0 Å². The van der Waals surface area contributed by atoms with Crippen LogP contribution >= 0.6 is 15.6 Å². The average molecular weight is 300 g/mol. The Kier molecular flexibility index (Phi) is 5.55. The van der Waals surface area contributed by atoms with Crippen molar-refractivity contribution in [3.63, 3.8) is 0 Å². The Bertz CT molecular complexity index is 383. The zero-order valence-electron chi connectivity index (χ0n) is 8.29. The number of hydrogen-bond acceptors (Lipinski definition) is 4. The fraction of sp³-hybridized carbons (Fsp3) is 0.600. The summed E-state index contributed by atoms with van der Waals surface area (Å²) < 4.78 is 64.0. The van der Waals surface area contributed by atoms with Crippen LogP contribution in [0.4, 0.5) is 13.2 Å². The molecule has 0 spiro atoms. The van der Waals surface area contributed by atoms with Gasteiger partial charge in [0.15, 0.2) is 0 Å². The summed E-state index contributed by atoms with van der Waals surface area (Å²) in [4.78, 5) is 25.0. The summed E-state index contributed by atoms with van der Waals surface area (Å²) in [6.45, 7) is -0.297. The predicted octanol–water partition coefficient (Wildman–Crippen LogP) is 1.72. The highest BCUT2D eigenvalue weighted by Gasteiger charge is 2.33. The molecule has 0 radical (unpaired) electrons. The first-order valence-corrected chi connectivity index (χ1v) is 6.84. The zero-order valence-corrected chi connectivity index (χ0v) is 10.1. The molecule has 0 aromatic rings. The van der Waals surface area contributed by atoms with Crippen LogP contribution in [0, 0.1) is 0 Å². The van der Waals surface area contributed by atoms with Crippen molar-refractivity contribution in [2.45, 2.75) is 13.1 Å². The summed E-state index contributed by atoms with van der Waals surface area (Å²) >= 11 is 0. The molecule has 0 aliphatic heterocycles. The molecule has 102 valence electrons. The fourth-order valence-corrected chi connectivity index (χ4v) is 2.06. The van der Waals surface area contributed by atoms with E-state index in [1.807, 2.05) is 0 Å². The number of phosphoric acid groups is 2. The summed E-state index contributed by atoms with van der Waals surface area (Å²) in [5.41, 5.74) is -1.09. The smallest absolute Gasteiger partial charge is 0.302 e. The van der Waals surface area contributed by atoms with E-state index in [4.69, 9.17) is 14.7 Å². The third-order valence-corrected chi connectivity index (χ3v) is 3.44. The molecule has 0 saturated heterocycles. The summed E-state index contributed by atoms with van der Waals surface area (Å²) in [6.07, 6.45) is -4.20. The van der Waals surface area contributed by atoms with Gasteiger partial charge in [-0.15, -0.1) is 0 Å². The van der Waals surface area contributed by atoms with Crippen LogP contribution in [0.1, 0.15) is 6.92 Å². The van der Waals surface area contributed by atoms with Gasteiger partial charge in [0, 0.05) is 5.57 Å². The lowest BCUT2D eigenvalue weighted by Crippen LogP contribution is -2.09. The van der Waals surface area contributed by atoms with Gasteiger partial charge in [-0.25, -0.2) is 9.13 Å². The van der Waals surface area contributed by atoms with Crippen molar-refractivity contribution in [1.29, 1.82) is 0 Å². The van der Waals surface area contributed by atoms with E-state index < -0.39 is 34.0 Å². The molecule has 12 heteroatoms. The predicted molar refractivity (Wildman–Crippen MR) is 48.7 cm³/mol. The van der Waals surface area contributed by atoms with Gasteiger partial charge in [-0.3, -0.25) is 4.52 Å². The molecule has 0 aromatic heterocycles. The Morgan fingerprint density at radius 2 is 1.76 bits per heavy atom. The van der Waals surface area contributed by atoms with Crippen molar-refractivity contribution in [3.8, 4) is 0 Å². The van der Waals surface area contributed by atoms with E-state index in [9.17, 15) is 22.3 Å². The van der Waals surface area contributed by atoms with Crippen molar-refractivity contribution < 1.29 is 45.8 Å². The molecule has 0 aromatic carbocycles. The lowest BCUT2D eigenvalue weighted by Gasteiger charge is -2.11. The van der Waals surface area contributed by atoms with Gasteiger partial charge >= 0.3 is 21.8 Å². The quantitative estimate of drug-likeness (QED) is 0.523. The second-order valence-electron chi connectivity index (χ2n) is 2.72. The van der Waals surface area contributed by atoms with Gasteiger partial charge < -0.3 is 14.7 Å². The largest absolute Gasteiger partial charge is 0.481 e. The Morgan fingerprint density at radius 3 is 2.12 bits per heavy atom. The van der Waals surface area contributed by atoms with Gasteiger partial charge in [0.1, 0.15) is 0 Å². The van der Waals surface area contributed by atoms with Crippen molar-refractivity contribution in [2.24, 2.45) is 0 Å². The second-order valence-corrected chi connectivity index (χ2v) is 5.55. The number of hydrogen-bond donors (Lipinski definition) is 3. The summed E-state index contributed by atoms with van der Waals surface area (Å²) in [6, 6.07) is 0. The lowest BCUT2D eigenvalue weighted by molar-refractivity contribution is -0.0918. The average Bonchev–Trinajstić information content (AvgIpc) is 1.96. The molecular weight excluding hydrogens is 291 g/mol.